The van der Waals surface area contributed by atoms with E-state index in [9.17, 15) is 8.42 Å². The highest BCUT2D eigenvalue weighted by atomic mass is 32.2. The molecule has 2 N–H and O–H groups in total. The third kappa shape index (κ3) is 3.26. The Morgan fingerprint density at radius 1 is 1.15 bits per heavy atom. The molecule has 2 aromatic carbocycles. The molecular weight excluding hydrogens is 294 g/mol. The molecule has 0 atom stereocenters. The van der Waals surface area contributed by atoms with Crippen molar-refractivity contribution in [2.24, 2.45) is 0 Å². The van der Waals surface area contributed by atoms with E-state index in [0.29, 0.717) is 4.90 Å². The van der Waals surface area contributed by atoms with Crippen molar-refractivity contribution in [3.63, 3.8) is 0 Å². The third-order valence-corrected chi connectivity index (χ3v) is 4.92. The molecule has 0 fully saturated rings. The van der Waals surface area contributed by atoms with Gasteiger partial charge in [0.15, 0.2) is 9.84 Å². The van der Waals surface area contributed by atoms with Crippen LogP contribution in [0.5, 0.6) is 5.75 Å². The molecule has 0 amide bonds. The van der Waals surface area contributed by atoms with E-state index in [0.717, 1.165) is 16.9 Å². The van der Waals surface area contributed by atoms with Crippen LogP contribution in [0.25, 0.3) is 0 Å². The smallest absolute Gasteiger partial charge is 0.177 e. The van der Waals surface area contributed by atoms with Crippen molar-refractivity contribution in [2.45, 2.75) is 14.7 Å². The number of nitrogens with two attached hydrogens (primary N) is 1. The first-order valence-corrected chi connectivity index (χ1v) is 8.53. The summed E-state index contributed by atoms with van der Waals surface area (Å²) in [5.74, 6) is 0.743. The number of ether oxygens (including phenoxy) is 1. The summed E-state index contributed by atoms with van der Waals surface area (Å²) in [6.07, 6.45) is 1.15. The van der Waals surface area contributed by atoms with E-state index < -0.39 is 9.84 Å². The standard InChI is InChI=1S/C14H15NO3S2/c1-18-10-5-3-6-11(9-10)19-12-7-4-8-13(14(12)15)20(2,16)17/h3-9H,15H2,1-2H3. The summed E-state index contributed by atoms with van der Waals surface area (Å²) in [5.41, 5.74) is 6.24. The SMILES string of the molecule is COc1cccc(Sc2cccc(S(C)(=O)=O)c2N)c1. The number of hydrogen-bond acceptors (Lipinski definition) is 5. The molecule has 4 nitrogen and oxygen atoms in total. The molecule has 0 radical (unpaired) electrons. The largest absolute Gasteiger partial charge is 0.497 e. The van der Waals surface area contributed by atoms with Crippen LogP contribution in [0, 0.1) is 0 Å². The Kier molecular flexibility index (Phi) is 4.25. The van der Waals surface area contributed by atoms with E-state index in [1.807, 2.05) is 24.3 Å². The van der Waals surface area contributed by atoms with Gasteiger partial charge in [0.05, 0.1) is 17.7 Å². The summed E-state index contributed by atoms with van der Waals surface area (Å²) in [5, 5.41) is 0. The lowest BCUT2D eigenvalue weighted by atomic mass is 10.3. The maximum atomic E-state index is 11.6. The van der Waals surface area contributed by atoms with Crippen LogP contribution in [0.1, 0.15) is 0 Å². The molecule has 0 bridgehead atoms. The normalized spacial score (nSPS) is 11.3. The van der Waals surface area contributed by atoms with Crippen molar-refractivity contribution in [1.29, 1.82) is 0 Å². The minimum Gasteiger partial charge on any atom is -0.497 e. The van der Waals surface area contributed by atoms with Gasteiger partial charge in [-0.15, -0.1) is 0 Å². The van der Waals surface area contributed by atoms with Gasteiger partial charge in [0.25, 0.3) is 0 Å². The van der Waals surface area contributed by atoms with Gasteiger partial charge < -0.3 is 10.5 Å². The number of benzene rings is 2. The molecule has 0 saturated carbocycles. The van der Waals surface area contributed by atoms with Gasteiger partial charge in [0.2, 0.25) is 0 Å². The second-order valence-corrected chi connectivity index (χ2v) is 7.32. The average molecular weight is 309 g/mol. The molecule has 0 aliphatic rings. The highest BCUT2D eigenvalue weighted by Gasteiger charge is 2.14. The van der Waals surface area contributed by atoms with E-state index >= 15 is 0 Å². The van der Waals surface area contributed by atoms with E-state index in [4.69, 9.17) is 10.5 Å². The number of anilines is 1. The predicted octanol–water partition coefficient (Wildman–Crippen LogP) is 2.83. The number of para-hydroxylation sites is 1. The zero-order chi connectivity index (χ0) is 14.8. The first-order valence-electron chi connectivity index (χ1n) is 5.82. The van der Waals surface area contributed by atoms with E-state index in [1.54, 1.807) is 19.2 Å². The van der Waals surface area contributed by atoms with Crippen LogP contribution in [0.2, 0.25) is 0 Å². The molecule has 20 heavy (non-hydrogen) atoms. The fraction of sp³-hybridized carbons (Fsp3) is 0.143. The number of nitrogen functional groups attached to an aromatic ring is 1. The third-order valence-electron chi connectivity index (χ3n) is 2.69. The van der Waals surface area contributed by atoms with Gasteiger partial charge in [-0.2, -0.15) is 0 Å². The molecule has 0 saturated heterocycles. The summed E-state index contributed by atoms with van der Waals surface area (Å²) >= 11 is 1.40. The second-order valence-electron chi connectivity index (χ2n) is 4.22. The van der Waals surface area contributed by atoms with Crippen LogP contribution in [-0.4, -0.2) is 21.8 Å². The lowest BCUT2D eigenvalue weighted by Crippen LogP contribution is -2.03. The molecule has 0 unspecified atom stereocenters. The van der Waals surface area contributed by atoms with Gasteiger partial charge in [-0.25, -0.2) is 8.42 Å². The zero-order valence-electron chi connectivity index (χ0n) is 11.2. The Balaban J connectivity index is 2.39. The number of hydrogen-bond donors (Lipinski definition) is 1. The summed E-state index contributed by atoms with van der Waals surface area (Å²) < 4.78 is 28.5. The topological polar surface area (TPSA) is 69.4 Å². The van der Waals surface area contributed by atoms with E-state index in [1.165, 1.54) is 17.8 Å². The predicted molar refractivity (Wildman–Crippen MR) is 81.1 cm³/mol. The Hall–Kier alpha value is -1.66. The van der Waals surface area contributed by atoms with Crippen molar-refractivity contribution in [1.82, 2.24) is 0 Å². The zero-order valence-corrected chi connectivity index (χ0v) is 12.8. The average Bonchev–Trinajstić information content (AvgIpc) is 2.40. The van der Waals surface area contributed by atoms with E-state index in [2.05, 4.69) is 0 Å². The molecule has 6 heteroatoms. The number of methoxy groups -OCH3 is 1. The summed E-state index contributed by atoms with van der Waals surface area (Å²) in [6, 6.07) is 12.5. The van der Waals surface area contributed by atoms with Gasteiger partial charge >= 0.3 is 0 Å². The Morgan fingerprint density at radius 3 is 2.50 bits per heavy atom. The molecule has 0 heterocycles. The Morgan fingerprint density at radius 2 is 1.85 bits per heavy atom. The van der Waals surface area contributed by atoms with Crippen molar-refractivity contribution < 1.29 is 13.2 Å². The molecule has 2 rings (SSSR count). The molecule has 106 valence electrons. The fourth-order valence-corrected chi connectivity index (χ4v) is 3.57. The highest BCUT2D eigenvalue weighted by molar-refractivity contribution is 7.99. The van der Waals surface area contributed by atoms with Crippen LogP contribution in [0.4, 0.5) is 5.69 Å². The quantitative estimate of drug-likeness (QED) is 0.880. The van der Waals surface area contributed by atoms with Crippen molar-refractivity contribution >= 4 is 27.3 Å². The minimum atomic E-state index is -3.32. The second kappa shape index (κ2) is 5.76. The van der Waals surface area contributed by atoms with Gasteiger partial charge in [-0.1, -0.05) is 23.9 Å². The van der Waals surface area contributed by atoms with E-state index in [-0.39, 0.29) is 10.6 Å². The number of rotatable bonds is 4. The van der Waals surface area contributed by atoms with Gasteiger partial charge in [-0.3, -0.25) is 0 Å². The monoisotopic (exact) mass is 309 g/mol. The van der Waals surface area contributed by atoms with Crippen LogP contribution >= 0.6 is 11.8 Å². The summed E-state index contributed by atoms with van der Waals surface area (Å²) in [6.45, 7) is 0. The first kappa shape index (κ1) is 14.7. The first-order chi connectivity index (χ1) is 9.41. The molecule has 2 aromatic rings. The van der Waals surface area contributed by atoms with Crippen LogP contribution < -0.4 is 10.5 Å². The number of sulfone groups is 1. The maximum Gasteiger partial charge on any atom is 0.177 e. The van der Waals surface area contributed by atoms with Crippen LogP contribution in [-0.2, 0) is 9.84 Å². The molecular formula is C14H15NO3S2. The van der Waals surface area contributed by atoms with Gasteiger partial charge in [-0.05, 0) is 30.3 Å². The lowest BCUT2D eigenvalue weighted by molar-refractivity contribution is 0.413. The van der Waals surface area contributed by atoms with Gasteiger partial charge in [0.1, 0.15) is 5.75 Å². The summed E-state index contributed by atoms with van der Waals surface area (Å²) in [7, 11) is -1.72. The highest BCUT2D eigenvalue weighted by Crippen LogP contribution is 2.36. The Bertz CT molecular complexity index is 727. The van der Waals surface area contributed by atoms with Crippen molar-refractivity contribution in [3.8, 4) is 5.75 Å². The molecule has 0 aliphatic carbocycles. The van der Waals surface area contributed by atoms with Gasteiger partial charge in [0, 0.05) is 16.0 Å². The Labute approximate surface area is 122 Å². The summed E-state index contributed by atoms with van der Waals surface area (Å²) in [4.78, 5) is 1.80. The lowest BCUT2D eigenvalue weighted by Gasteiger charge is -2.10. The van der Waals surface area contributed by atoms with Crippen molar-refractivity contribution in [2.75, 3.05) is 19.1 Å². The molecule has 0 spiro atoms. The molecule has 0 aliphatic heterocycles. The van der Waals surface area contributed by atoms with Crippen LogP contribution in [0.3, 0.4) is 0 Å². The fourth-order valence-electron chi connectivity index (χ4n) is 1.73. The van der Waals surface area contributed by atoms with Crippen molar-refractivity contribution in [3.05, 3.63) is 42.5 Å². The van der Waals surface area contributed by atoms with Crippen LogP contribution in [0.15, 0.2) is 57.2 Å². The minimum absolute atomic E-state index is 0.158. The molecule has 0 aromatic heterocycles. The maximum absolute atomic E-state index is 11.6.